The molecule has 0 saturated carbocycles. The van der Waals surface area contributed by atoms with Crippen molar-refractivity contribution < 1.29 is 13.9 Å². The number of aromatic nitrogens is 2. The molecular weight excluding hydrogens is 326 g/mol. The minimum atomic E-state index is -0.542. The molecule has 130 valence electrons. The van der Waals surface area contributed by atoms with Crippen LogP contribution < -0.4 is 5.32 Å². The first-order chi connectivity index (χ1) is 11.0. The summed E-state index contributed by atoms with van der Waals surface area (Å²) in [6.07, 6.45) is 6.51. The fraction of sp³-hybridized carbons (Fsp3) is 0.471. The minimum Gasteiger partial charge on any atom is -0.444 e. The van der Waals surface area contributed by atoms with Gasteiger partial charge in [0.05, 0.1) is 6.20 Å². The molecule has 7 heteroatoms. The van der Waals surface area contributed by atoms with Crippen LogP contribution in [0.3, 0.4) is 0 Å². The molecule has 0 radical (unpaired) electrons. The molecule has 24 heavy (non-hydrogen) atoms. The van der Waals surface area contributed by atoms with Crippen molar-refractivity contribution in [3.63, 3.8) is 0 Å². The van der Waals surface area contributed by atoms with Gasteiger partial charge in [0, 0.05) is 22.6 Å². The lowest BCUT2D eigenvalue weighted by Crippen LogP contribution is -2.27. The Hall–Kier alpha value is -2.15. The number of amides is 1. The molecule has 0 fully saturated rings. The SMILES string of the molecule is CC(C)(C)OC(=O)Nc1ncc(C=Cc2ncc(C(C)(C)C)o2)s1. The van der Waals surface area contributed by atoms with Crippen molar-refractivity contribution in [2.24, 2.45) is 0 Å². The summed E-state index contributed by atoms with van der Waals surface area (Å²) in [5, 5.41) is 3.09. The van der Waals surface area contributed by atoms with E-state index in [0.29, 0.717) is 11.0 Å². The number of thiazole rings is 1. The molecule has 0 aliphatic heterocycles. The van der Waals surface area contributed by atoms with Crippen molar-refractivity contribution in [1.29, 1.82) is 0 Å². The minimum absolute atomic E-state index is 0.0753. The number of anilines is 1. The molecule has 2 aromatic rings. The molecule has 1 N–H and O–H groups in total. The Bertz CT molecular complexity index is 733. The molecule has 0 saturated heterocycles. The highest BCUT2D eigenvalue weighted by Gasteiger charge is 2.19. The van der Waals surface area contributed by atoms with Gasteiger partial charge < -0.3 is 9.15 Å². The molecule has 0 unspecified atom stereocenters. The summed E-state index contributed by atoms with van der Waals surface area (Å²) in [7, 11) is 0. The second kappa shape index (κ2) is 6.76. The second-order valence-corrected chi connectivity index (χ2v) is 8.40. The molecule has 0 bridgehead atoms. The molecule has 2 rings (SSSR count). The zero-order valence-corrected chi connectivity index (χ0v) is 15.7. The van der Waals surface area contributed by atoms with Gasteiger partial charge >= 0.3 is 6.09 Å². The predicted octanol–water partition coefficient (Wildman–Crippen LogP) is 4.95. The van der Waals surface area contributed by atoms with Gasteiger partial charge in [0.15, 0.2) is 5.13 Å². The van der Waals surface area contributed by atoms with E-state index >= 15 is 0 Å². The fourth-order valence-electron chi connectivity index (χ4n) is 1.68. The third-order valence-corrected chi connectivity index (χ3v) is 3.66. The first-order valence-electron chi connectivity index (χ1n) is 7.63. The van der Waals surface area contributed by atoms with E-state index in [1.807, 2.05) is 26.8 Å². The van der Waals surface area contributed by atoms with Crippen LogP contribution in [0.2, 0.25) is 0 Å². The number of carbonyl (C=O) groups is 1. The van der Waals surface area contributed by atoms with Crippen molar-refractivity contribution in [3.8, 4) is 0 Å². The van der Waals surface area contributed by atoms with E-state index in [-0.39, 0.29) is 5.41 Å². The largest absolute Gasteiger partial charge is 0.444 e. The number of nitrogens with zero attached hydrogens (tertiary/aromatic N) is 2. The van der Waals surface area contributed by atoms with Crippen LogP contribution >= 0.6 is 11.3 Å². The Morgan fingerprint density at radius 3 is 2.46 bits per heavy atom. The summed E-state index contributed by atoms with van der Waals surface area (Å²) >= 11 is 1.34. The Morgan fingerprint density at radius 2 is 1.88 bits per heavy atom. The number of hydrogen-bond donors (Lipinski definition) is 1. The van der Waals surface area contributed by atoms with Crippen molar-refractivity contribution in [1.82, 2.24) is 9.97 Å². The van der Waals surface area contributed by atoms with Gasteiger partial charge in [-0.15, -0.1) is 0 Å². The zero-order valence-electron chi connectivity index (χ0n) is 14.8. The quantitative estimate of drug-likeness (QED) is 0.848. The van der Waals surface area contributed by atoms with Crippen LogP contribution in [0.25, 0.3) is 12.2 Å². The number of ether oxygens (including phenoxy) is 1. The smallest absolute Gasteiger partial charge is 0.413 e. The number of oxazole rings is 1. The van der Waals surface area contributed by atoms with Crippen molar-refractivity contribution in [2.45, 2.75) is 52.6 Å². The van der Waals surface area contributed by atoms with Crippen molar-refractivity contribution in [3.05, 3.63) is 28.9 Å². The molecule has 2 heterocycles. The lowest BCUT2D eigenvalue weighted by Gasteiger charge is -2.18. The van der Waals surface area contributed by atoms with Crippen LogP contribution in [0.15, 0.2) is 16.8 Å². The molecule has 0 atom stereocenters. The van der Waals surface area contributed by atoms with Crippen LogP contribution in [0.4, 0.5) is 9.93 Å². The average Bonchev–Trinajstić information content (AvgIpc) is 3.01. The molecule has 0 aliphatic rings. The van der Waals surface area contributed by atoms with Gasteiger partial charge in [0.2, 0.25) is 5.89 Å². The maximum atomic E-state index is 11.7. The predicted molar refractivity (Wildman–Crippen MR) is 96.1 cm³/mol. The Labute approximate surface area is 146 Å². The first-order valence-corrected chi connectivity index (χ1v) is 8.45. The van der Waals surface area contributed by atoms with Gasteiger partial charge in [0.1, 0.15) is 11.4 Å². The highest BCUT2D eigenvalue weighted by atomic mass is 32.1. The normalized spacial score (nSPS) is 12.6. The second-order valence-electron chi connectivity index (χ2n) is 7.34. The standard InChI is InChI=1S/C17H23N3O3S/c1-16(2,3)12-10-18-13(22-12)8-7-11-9-19-14(24-11)20-15(21)23-17(4,5)6/h7-10H,1-6H3,(H,19,20,21). The molecule has 1 amide bonds. The molecule has 0 spiro atoms. The van der Waals surface area contributed by atoms with Crippen LogP contribution in [-0.4, -0.2) is 21.7 Å². The highest BCUT2D eigenvalue weighted by Crippen LogP contribution is 2.24. The summed E-state index contributed by atoms with van der Waals surface area (Å²) in [6.45, 7) is 11.6. The maximum Gasteiger partial charge on any atom is 0.413 e. The summed E-state index contributed by atoms with van der Waals surface area (Å²) in [6, 6.07) is 0. The Balaban J connectivity index is 1.98. The van der Waals surface area contributed by atoms with Gasteiger partial charge in [0.25, 0.3) is 0 Å². The van der Waals surface area contributed by atoms with Crippen molar-refractivity contribution in [2.75, 3.05) is 5.32 Å². The van der Waals surface area contributed by atoms with E-state index in [1.165, 1.54) is 11.3 Å². The topological polar surface area (TPSA) is 77.2 Å². The van der Waals surface area contributed by atoms with Crippen LogP contribution in [0, 0.1) is 0 Å². The zero-order chi connectivity index (χ0) is 18.0. The maximum absolute atomic E-state index is 11.7. The van der Waals surface area contributed by atoms with Gasteiger partial charge in [-0.25, -0.2) is 14.8 Å². The Morgan fingerprint density at radius 1 is 1.17 bits per heavy atom. The van der Waals surface area contributed by atoms with Crippen molar-refractivity contribution >= 4 is 34.7 Å². The number of nitrogens with one attached hydrogen (secondary N) is 1. The molecule has 0 aromatic carbocycles. The number of rotatable bonds is 3. The van der Waals surface area contributed by atoms with Crippen LogP contribution in [-0.2, 0) is 10.2 Å². The van der Waals surface area contributed by atoms with E-state index in [2.05, 4.69) is 36.1 Å². The molecule has 2 aromatic heterocycles. The van der Waals surface area contributed by atoms with Gasteiger partial charge in [-0.05, 0) is 26.8 Å². The lowest BCUT2D eigenvalue weighted by atomic mass is 9.94. The molecule has 6 nitrogen and oxygen atoms in total. The van der Waals surface area contributed by atoms with E-state index in [4.69, 9.17) is 9.15 Å². The monoisotopic (exact) mass is 349 g/mol. The highest BCUT2D eigenvalue weighted by molar-refractivity contribution is 7.16. The van der Waals surface area contributed by atoms with E-state index in [1.54, 1.807) is 18.5 Å². The fourth-order valence-corrected chi connectivity index (χ4v) is 2.38. The summed E-state index contributed by atoms with van der Waals surface area (Å²) < 4.78 is 10.9. The number of hydrogen-bond acceptors (Lipinski definition) is 6. The third-order valence-electron chi connectivity index (χ3n) is 2.78. The summed E-state index contributed by atoms with van der Waals surface area (Å²) in [5.41, 5.74) is -0.617. The van der Waals surface area contributed by atoms with Gasteiger partial charge in [-0.3, -0.25) is 5.32 Å². The van der Waals surface area contributed by atoms with E-state index in [9.17, 15) is 4.79 Å². The molecular formula is C17H23N3O3S. The molecule has 0 aliphatic carbocycles. The third kappa shape index (κ3) is 5.49. The van der Waals surface area contributed by atoms with Crippen LogP contribution in [0.5, 0.6) is 0 Å². The van der Waals surface area contributed by atoms with Crippen LogP contribution in [0.1, 0.15) is 58.1 Å². The first kappa shape index (κ1) is 18.2. The summed E-state index contributed by atoms with van der Waals surface area (Å²) in [4.78, 5) is 21.0. The Kier molecular flexibility index (Phi) is 5.13. The van der Waals surface area contributed by atoms with E-state index < -0.39 is 11.7 Å². The summed E-state index contributed by atoms with van der Waals surface area (Å²) in [5.74, 6) is 1.37. The number of carbonyl (C=O) groups excluding carboxylic acids is 1. The van der Waals surface area contributed by atoms with E-state index in [0.717, 1.165) is 10.6 Å². The lowest BCUT2D eigenvalue weighted by molar-refractivity contribution is 0.0636. The van der Waals surface area contributed by atoms with Gasteiger partial charge in [-0.1, -0.05) is 32.1 Å². The average molecular weight is 349 g/mol. The van der Waals surface area contributed by atoms with Gasteiger partial charge in [-0.2, -0.15) is 0 Å².